The van der Waals surface area contributed by atoms with Gasteiger partial charge in [0.05, 0.1) is 18.7 Å². The minimum atomic E-state index is -0.136. The fraction of sp³-hybridized carbons (Fsp3) is 0.562. The molecule has 1 atom stereocenters. The van der Waals surface area contributed by atoms with Gasteiger partial charge < -0.3 is 15.4 Å². The van der Waals surface area contributed by atoms with E-state index in [-0.39, 0.29) is 5.54 Å². The highest BCUT2D eigenvalue weighted by molar-refractivity contribution is 5.81. The minimum absolute atomic E-state index is 0.136. The van der Waals surface area contributed by atoms with E-state index in [1.54, 1.807) is 0 Å². The van der Waals surface area contributed by atoms with Crippen molar-refractivity contribution in [2.45, 2.75) is 39.2 Å². The highest BCUT2D eigenvalue weighted by Gasteiger charge is 2.38. The number of benzene rings is 1. The molecule has 2 N–H and O–H groups in total. The third kappa shape index (κ3) is 2.74. The Hall–Kier alpha value is -1.71. The molecular formula is C16H25N3O. The van der Waals surface area contributed by atoms with Crippen molar-refractivity contribution in [3.8, 4) is 5.75 Å². The van der Waals surface area contributed by atoms with Gasteiger partial charge in [0.15, 0.2) is 5.96 Å². The first-order chi connectivity index (χ1) is 9.61. The molecule has 1 aromatic carbocycles. The lowest BCUT2D eigenvalue weighted by atomic mass is 9.91. The first-order valence-electron chi connectivity index (χ1n) is 7.42. The molecule has 0 saturated carbocycles. The summed E-state index contributed by atoms with van der Waals surface area (Å²) in [6, 6.07) is 8.33. The number of hydrogen-bond donors (Lipinski definition) is 1. The van der Waals surface area contributed by atoms with Gasteiger partial charge in [0.2, 0.25) is 0 Å². The summed E-state index contributed by atoms with van der Waals surface area (Å²) in [5.41, 5.74) is 7.12. The molecule has 1 aliphatic heterocycles. The van der Waals surface area contributed by atoms with Crippen LogP contribution in [0.3, 0.4) is 0 Å². The van der Waals surface area contributed by atoms with Crippen molar-refractivity contribution in [2.75, 3.05) is 19.7 Å². The van der Waals surface area contributed by atoms with Gasteiger partial charge in [-0.3, -0.25) is 4.99 Å². The van der Waals surface area contributed by atoms with Crippen LogP contribution in [0.4, 0.5) is 0 Å². The predicted molar refractivity (Wildman–Crippen MR) is 83.1 cm³/mol. The Morgan fingerprint density at radius 1 is 1.25 bits per heavy atom. The van der Waals surface area contributed by atoms with Gasteiger partial charge in [-0.1, -0.05) is 26.0 Å². The molecule has 1 aliphatic rings. The van der Waals surface area contributed by atoms with Gasteiger partial charge >= 0.3 is 0 Å². The largest absolute Gasteiger partial charge is 0.494 e. The molecule has 4 heteroatoms. The normalized spacial score (nSPS) is 21.9. The number of aliphatic imine (C=N–C) groups is 1. The molecule has 0 aliphatic carbocycles. The maximum absolute atomic E-state index is 6.02. The van der Waals surface area contributed by atoms with Crippen molar-refractivity contribution in [1.82, 2.24) is 4.90 Å². The van der Waals surface area contributed by atoms with E-state index in [1.165, 1.54) is 5.56 Å². The van der Waals surface area contributed by atoms with Crippen molar-refractivity contribution in [3.05, 3.63) is 29.8 Å². The Morgan fingerprint density at radius 2 is 1.95 bits per heavy atom. The van der Waals surface area contributed by atoms with Crippen LogP contribution < -0.4 is 10.5 Å². The Bertz CT molecular complexity index is 469. The van der Waals surface area contributed by atoms with Crippen LogP contribution in [0.5, 0.6) is 5.75 Å². The van der Waals surface area contributed by atoms with Crippen molar-refractivity contribution in [2.24, 2.45) is 10.7 Å². The second-order valence-corrected chi connectivity index (χ2v) is 5.47. The Kier molecular flexibility index (Phi) is 4.53. The zero-order valence-corrected chi connectivity index (χ0v) is 12.7. The van der Waals surface area contributed by atoms with Gasteiger partial charge in [0.1, 0.15) is 5.75 Å². The summed E-state index contributed by atoms with van der Waals surface area (Å²) in [4.78, 5) is 6.63. The maximum atomic E-state index is 6.02. The summed E-state index contributed by atoms with van der Waals surface area (Å²) in [6.45, 7) is 8.88. The van der Waals surface area contributed by atoms with Gasteiger partial charge in [0.25, 0.3) is 0 Å². The second kappa shape index (κ2) is 6.16. The fourth-order valence-corrected chi connectivity index (χ4v) is 2.62. The number of nitrogens with zero attached hydrogens (tertiary/aromatic N) is 2. The topological polar surface area (TPSA) is 50.9 Å². The number of guanidine groups is 1. The third-order valence-corrected chi connectivity index (χ3v) is 3.82. The molecule has 0 amide bonds. The average molecular weight is 275 g/mol. The lowest BCUT2D eigenvalue weighted by Gasteiger charge is -2.36. The number of nitrogens with two attached hydrogens (primary N) is 1. The number of rotatable bonds is 6. The highest BCUT2D eigenvalue weighted by atomic mass is 16.5. The summed E-state index contributed by atoms with van der Waals surface area (Å²) in [5.74, 6) is 1.58. The van der Waals surface area contributed by atoms with Crippen LogP contribution in [-0.2, 0) is 5.54 Å². The Morgan fingerprint density at radius 3 is 2.55 bits per heavy atom. The molecule has 1 aromatic rings. The van der Waals surface area contributed by atoms with Gasteiger partial charge in [0, 0.05) is 6.54 Å². The summed E-state index contributed by atoms with van der Waals surface area (Å²) in [7, 11) is 0. The summed E-state index contributed by atoms with van der Waals surface area (Å²) in [5, 5.41) is 0. The minimum Gasteiger partial charge on any atom is -0.494 e. The first kappa shape index (κ1) is 14.7. The molecule has 1 unspecified atom stereocenters. The molecule has 4 nitrogen and oxygen atoms in total. The quantitative estimate of drug-likeness (QED) is 0.868. The van der Waals surface area contributed by atoms with E-state index in [2.05, 4.69) is 42.8 Å². The van der Waals surface area contributed by atoms with Crippen molar-refractivity contribution in [1.29, 1.82) is 0 Å². The Labute approximate surface area is 121 Å². The summed E-state index contributed by atoms with van der Waals surface area (Å²) >= 11 is 0. The molecule has 0 radical (unpaired) electrons. The van der Waals surface area contributed by atoms with Gasteiger partial charge in [-0.05, 0) is 37.5 Å². The van der Waals surface area contributed by atoms with Crippen LogP contribution in [0, 0.1) is 0 Å². The summed E-state index contributed by atoms with van der Waals surface area (Å²) in [6.07, 6.45) is 2.08. The fourth-order valence-electron chi connectivity index (χ4n) is 2.62. The van der Waals surface area contributed by atoms with E-state index < -0.39 is 0 Å². The smallest absolute Gasteiger partial charge is 0.192 e. The second-order valence-electron chi connectivity index (χ2n) is 5.47. The van der Waals surface area contributed by atoms with Crippen LogP contribution in [0.2, 0.25) is 0 Å². The van der Waals surface area contributed by atoms with Crippen LogP contribution in [0.1, 0.15) is 39.2 Å². The van der Waals surface area contributed by atoms with Gasteiger partial charge in [-0.25, -0.2) is 0 Å². The number of ether oxygens (including phenoxy) is 1. The third-order valence-electron chi connectivity index (χ3n) is 3.82. The van der Waals surface area contributed by atoms with E-state index in [1.807, 2.05) is 12.1 Å². The van der Waals surface area contributed by atoms with Gasteiger partial charge in [-0.2, -0.15) is 0 Å². The summed E-state index contributed by atoms with van der Waals surface area (Å²) < 4.78 is 5.63. The van der Waals surface area contributed by atoms with Crippen molar-refractivity contribution >= 4 is 5.96 Å². The molecule has 110 valence electrons. The molecule has 0 aromatic heterocycles. The average Bonchev–Trinajstić information content (AvgIpc) is 2.75. The monoisotopic (exact) mass is 275 g/mol. The molecule has 0 fully saturated rings. The van der Waals surface area contributed by atoms with Crippen molar-refractivity contribution in [3.63, 3.8) is 0 Å². The van der Waals surface area contributed by atoms with Crippen LogP contribution in [0.15, 0.2) is 29.3 Å². The van der Waals surface area contributed by atoms with E-state index in [0.717, 1.165) is 31.7 Å². The lowest BCUT2D eigenvalue weighted by molar-refractivity contribution is 0.225. The molecule has 0 spiro atoms. The Balaban J connectivity index is 2.17. The predicted octanol–water partition coefficient (Wildman–Crippen LogP) is 2.73. The SMILES string of the molecule is CCCOc1ccc(C2(C)CN=C(N)N2CCC)cc1. The zero-order valence-electron chi connectivity index (χ0n) is 12.7. The van der Waals surface area contributed by atoms with Crippen LogP contribution in [-0.4, -0.2) is 30.6 Å². The lowest BCUT2D eigenvalue weighted by Crippen LogP contribution is -2.47. The van der Waals surface area contributed by atoms with Crippen molar-refractivity contribution < 1.29 is 4.74 Å². The van der Waals surface area contributed by atoms with Crippen LogP contribution >= 0.6 is 0 Å². The molecule has 20 heavy (non-hydrogen) atoms. The molecular weight excluding hydrogens is 250 g/mol. The van der Waals surface area contributed by atoms with E-state index >= 15 is 0 Å². The van der Waals surface area contributed by atoms with E-state index in [0.29, 0.717) is 12.5 Å². The number of hydrogen-bond acceptors (Lipinski definition) is 4. The maximum Gasteiger partial charge on any atom is 0.192 e. The van der Waals surface area contributed by atoms with E-state index in [4.69, 9.17) is 10.5 Å². The van der Waals surface area contributed by atoms with E-state index in [9.17, 15) is 0 Å². The molecule has 2 rings (SSSR count). The van der Waals surface area contributed by atoms with Crippen LogP contribution in [0.25, 0.3) is 0 Å². The molecule has 0 bridgehead atoms. The zero-order chi connectivity index (χ0) is 14.6. The molecule has 1 heterocycles. The standard InChI is InChI=1S/C16H25N3O/c1-4-10-19-15(17)18-12-16(19,3)13-6-8-14(9-7-13)20-11-5-2/h6-9H,4-5,10-12H2,1-3H3,(H2,17,18). The van der Waals surface area contributed by atoms with Gasteiger partial charge in [-0.15, -0.1) is 0 Å². The first-order valence-corrected chi connectivity index (χ1v) is 7.42. The highest BCUT2D eigenvalue weighted by Crippen LogP contribution is 2.33. The molecule has 0 saturated heterocycles.